The summed E-state index contributed by atoms with van der Waals surface area (Å²) in [5.41, 5.74) is 3.89. The van der Waals surface area contributed by atoms with Gasteiger partial charge in [-0.05, 0) is 65.7 Å². The fourth-order valence-corrected chi connectivity index (χ4v) is 6.89. The first-order valence-electron chi connectivity index (χ1n) is 15.2. The van der Waals surface area contributed by atoms with Crippen molar-refractivity contribution in [1.82, 2.24) is 10.9 Å². The highest BCUT2D eigenvalue weighted by molar-refractivity contribution is 9.10. The van der Waals surface area contributed by atoms with Crippen molar-refractivity contribution in [2.75, 3.05) is 19.0 Å². The molecule has 1 amide bonds. The van der Waals surface area contributed by atoms with Gasteiger partial charge in [-0.1, -0.05) is 64.5 Å². The number of nitrogens with one attached hydrogen (secondary N) is 2. The number of aliphatic hydroxyl groups excluding tert-OH is 1. The van der Waals surface area contributed by atoms with E-state index in [1.807, 2.05) is 0 Å². The zero-order valence-electron chi connectivity index (χ0n) is 26.0. The number of halogens is 4. The maximum atomic E-state index is 14.3. The molecule has 0 radical (unpaired) electrons. The van der Waals surface area contributed by atoms with Gasteiger partial charge in [-0.15, -0.1) is 0 Å². The number of carbonyl (C=O) groups excluding carboxylic acids is 1. The molecule has 258 valence electrons. The second-order valence-electron chi connectivity index (χ2n) is 11.2. The van der Waals surface area contributed by atoms with Crippen LogP contribution in [0.25, 0.3) is 0 Å². The van der Waals surface area contributed by atoms with Crippen LogP contribution in [0.3, 0.4) is 0 Å². The number of hydrogen-bond acceptors (Lipinski definition) is 8. The monoisotopic (exact) mass is 759 g/mol. The number of benzene rings is 4. The molecule has 0 aromatic heterocycles. The average Bonchev–Trinajstić information content (AvgIpc) is 3.49. The van der Waals surface area contributed by atoms with Crippen LogP contribution in [0, 0.1) is 0 Å². The Bertz CT molecular complexity index is 1880. The van der Waals surface area contributed by atoms with Crippen LogP contribution in [0.1, 0.15) is 41.2 Å². The minimum Gasteiger partial charge on any atom is -0.494 e. The van der Waals surface area contributed by atoms with Gasteiger partial charge in [0.25, 0.3) is 5.91 Å². The smallest absolute Gasteiger partial charge is 0.416 e. The number of sulfone groups is 1. The molecule has 1 aliphatic rings. The largest absolute Gasteiger partial charge is 0.494 e. The van der Waals surface area contributed by atoms with E-state index in [2.05, 4.69) is 26.8 Å². The number of amides is 1. The summed E-state index contributed by atoms with van der Waals surface area (Å²) in [6.45, 7) is 0.136. The molecule has 14 heteroatoms. The summed E-state index contributed by atoms with van der Waals surface area (Å²) >= 11 is 3.41. The Labute approximate surface area is 290 Å². The number of rotatable bonds is 14. The van der Waals surface area contributed by atoms with E-state index in [4.69, 9.17) is 19.6 Å². The second kappa shape index (κ2) is 15.5. The van der Waals surface area contributed by atoms with Crippen LogP contribution >= 0.6 is 15.9 Å². The lowest BCUT2D eigenvalue weighted by Crippen LogP contribution is -2.53. The Morgan fingerprint density at radius 3 is 2.37 bits per heavy atom. The Kier molecular flexibility index (Phi) is 11.4. The number of hydrazine groups is 1. The first-order valence-corrected chi connectivity index (χ1v) is 17.7. The molecule has 3 N–H and O–H groups in total. The molecule has 4 aromatic rings. The topological polar surface area (TPSA) is 126 Å². The van der Waals surface area contributed by atoms with Gasteiger partial charge < -0.3 is 14.6 Å². The van der Waals surface area contributed by atoms with Gasteiger partial charge in [0.05, 0.1) is 22.8 Å². The predicted molar refractivity (Wildman–Crippen MR) is 180 cm³/mol. The number of alkyl halides is 3. The second-order valence-corrected chi connectivity index (χ2v) is 14.3. The highest BCUT2D eigenvalue weighted by atomic mass is 79.9. The summed E-state index contributed by atoms with van der Waals surface area (Å²) < 4.78 is 79.6. The lowest BCUT2D eigenvalue weighted by molar-refractivity contribution is -0.137. The van der Waals surface area contributed by atoms with E-state index < -0.39 is 44.9 Å². The third-order valence-electron chi connectivity index (χ3n) is 7.81. The van der Waals surface area contributed by atoms with Gasteiger partial charge in [-0.3, -0.25) is 10.2 Å². The van der Waals surface area contributed by atoms with Gasteiger partial charge in [0.15, 0.2) is 21.5 Å². The standard InChI is InChI=1S/C35H33BrF3N3O6S/c36-28-14-10-25(11-15-28)31-34(18-21-49(45,46)30-8-2-1-3-9-30,33(44)42-40-23-24-6-4-7-27(22-24)35(37,38)39)41-32(48-31)26-12-16-29(17-13-26)47-20-5-19-43/h1-4,6-17,22,31,40,43H,5,18-21,23H2,(H,42,44)/t31-,34-/m0/s1. The summed E-state index contributed by atoms with van der Waals surface area (Å²) in [5, 5.41) is 9.04. The zero-order chi connectivity index (χ0) is 35.1. The lowest BCUT2D eigenvalue weighted by Gasteiger charge is -2.30. The van der Waals surface area contributed by atoms with Gasteiger partial charge in [0.1, 0.15) is 5.75 Å². The van der Waals surface area contributed by atoms with Crippen LogP contribution in [0.5, 0.6) is 5.75 Å². The van der Waals surface area contributed by atoms with Gasteiger partial charge in [0.2, 0.25) is 5.90 Å². The number of aliphatic hydroxyl groups is 1. The van der Waals surface area contributed by atoms with Crippen molar-refractivity contribution in [3.8, 4) is 5.75 Å². The van der Waals surface area contributed by atoms with Crippen molar-refractivity contribution in [3.63, 3.8) is 0 Å². The van der Waals surface area contributed by atoms with E-state index >= 15 is 0 Å². The zero-order valence-corrected chi connectivity index (χ0v) is 28.4. The molecule has 5 rings (SSSR count). The van der Waals surface area contributed by atoms with E-state index in [-0.39, 0.29) is 35.9 Å². The molecule has 0 saturated heterocycles. The molecule has 0 fully saturated rings. The highest BCUT2D eigenvalue weighted by Gasteiger charge is 2.53. The van der Waals surface area contributed by atoms with E-state index in [1.165, 1.54) is 24.3 Å². The molecular weight excluding hydrogens is 727 g/mol. The van der Waals surface area contributed by atoms with E-state index in [0.717, 1.165) is 16.6 Å². The van der Waals surface area contributed by atoms with Gasteiger partial charge in [-0.2, -0.15) is 13.2 Å². The molecule has 1 aliphatic heterocycles. The molecule has 4 aromatic carbocycles. The number of aliphatic imine (C=N–C) groups is 1. The number of hydrogen-bond donors (Lipinski definition) is 3. The summed E-state index contributed by atoms with van der Waals surface area (Å²) in [7, 11) is -3.89. The molecule has 1 heterocycles. The minimum atomic E-state index is -4.54. The maximum absolute atomic E-state index is 14.3. The molecule has 9 nitrogen and oxygen atoms in total. The first kappa shape index (κ1) is 36.1. The summed E-state index contributed by atoms with van der Waals surface area (Å²) in [6.07, 6.45) is -5.47. The molecule has 2 atom stereocenters. The lowest BCUT2D eigenvalue weighted by atomic mass is 9.85. The van der Waals surface area contributed by atoms with Crippen molar-refractivity contribution in [3.05, 3.63) is 130 Å². The van der Waals surface area contributed by atoms with Crippen molar-refractivity contribution >= 4 is 37.6 Å². The fourth-order valence-electron chi connectivity index (χ4n) is 5.24. The Morgan fingerprint density at radius 2 is 1.69 bits per heavy atom. The third kappa shape index (κ3) is 8.87. The van der Waals surface area contributed by atoms with Crippen molar-refractivity contribution in [2.24, 2.45) is 4.99 Å². The SMILES string of the molecule is O=C(NNCc1cccc(C(F)(F)F)c1)[C@@]1(CCS(=O)(=O)c2ccccc2)N=C(c2ccc(OCCCO)cc2)O[C@H]1c1ccc(Br)cc1. The Balaban J connectivity index is 1.50. The van der Waals surface area contributed by atoms with Crippen LogP contribution in [-0.2, 0) is 32.1 Å². The summed E-state index contributed by atoms with van der Waals surface area (Å²) in [4.78, 5) is 19.1. The number of nitrogens with zero attached hydrogens (tertiary/aromatic N) is 1. The average molecular weight is 761 g/mol. The molecular formula is C35H33BrF3N3O6S. The normalized spacial score (nSPS) is 17.7. The molecule has 49 heavy (non-hydrogen) atoms. The predicted octanol–water partition coefficient (Wildman–Crippen LogP) is 6.17. The van der Waals surface area contributed by atoms with Crippen molar-refractivity contribution < 1.29 is 41.0 Å². The third-order valence-corrected chi connectivity index (χ3v) is 10.1. The highest BCUT2D eigenvalue weighted by Crippen LogP contribution is 2.43. The van der Waals surface area contributed by atoms with Crippen LogP contribution in [-0.4, -0.2) is 49.8 Å². The van der Waals surface area contributed by atoms with Gasteiger partial charge in [0, 0.05) is 36.0 Å². The van der Waals surface area contributed by atoms with Crippen molar-refractivity contribution in [1.29, 1.82) is 0 Å². The van der Waals surface area contributed by atoms with Crippen LogP contribution in [0.4, 0.5) is 13.2 Å². The molecule has 0 aliphatic carbocycles. The maximum Gasteiger partial charge on any atom is 0.416 e. The molecule has 0 saturated carbocycles. The van der Waals surface area contributed by atoms with Gasteiger partial charge >= 0.3 is 6.18 Å². The van der Waals surface area contributed by atoms with Crippen LogP contribution < -0.4 is 15.6 Å². The summed E-state index contributed by atoms with van der Waals surface area (Å²) in [5.74, 6) is -0.588. The van der Waals surface area contributed by atoms with E-state index in [9.17, 15) is 26.4 Å². The number of ether oxygens (including phenoxy) is 2. The quantitative estimate of drug-likeness (QED) is 0.104. The molecule has 0 bridgehead atoms. The molecule has 0 spiro atoms. The minimum absolute atomic E-state index is 0.0148. The Hall–Kier alpha value is -4.24. The molecule has 0 unspecified atom stereocenters. The van der Waals surface area contributed by atoms with Crippen LogP contribution in [0.2, 0.25) is 0 Å². The number of carbonyl (C=O) groups is 1. The van der Waals surface area contributed by atoms with E-state index in [0.29, 0.717) is 29.9 Å². The Morgan fingerprint density at radius 1 is 0.980 bits per heavy atom. The van der Waals surface area contributed by atoms with E-state index in [1.54, 1.807) is 66.7 Å². The van der Waals surface area contributed by atoms with Crippen LogP contribution in [0.15, 0.2) is 117 Å². The first-order chi connectivity index (χ1) is 23.4. The van der Waals surface area contributed by atoms with Gasteiger partial charge in [-0.25, -0.2) is 18.8 Å². The summed E-state index contributed by atoms with van der Waals surface area (Å²) in [6, 6.07) is 26.2. The van der Waals surface area contributed by atoms with Crippen molar-refractivity contribution in [2.45, 2.75) is 42.1 Å². The fraction of sp³-hybridized carbons (Fsp3) is 0.257.